The quantitative estimate of drug-likeness (QED) is 0.104. The van der Waals surface area contributed by atoms with Crippen LogP contribution in [0.4, 0.5) is 14.5 Å². The fourth-order valence-electron chi connectivity index (χ4n) is 7.58. The summed E-state index contributed by atoms with van der Waals surface area (Å²) in [5.74, 6) is -2.98. The Hall–Kier alpha value is -5.29. The van der Waals surface area contributed by atoms with E-state index in [0.29, 0.717) is 55.4 Å². The number of likely N-dealkylation sites (tertiary alicyclic amines) is 1. The standard InChI is InChI=1S/C43H50ClF2N9O4Si/c1-51-16-13-28(14-17-51)42(57)53-18-20-54(21-19-53)43(58)31-10-9-29(24-34(31)44)50-41(56)40-48-26-36(52(40)2)32-12-11-30(37(45)38(32)46)33-25-49-55(27-59-22-23-60(3,4)5)39(33)35-8-6-7-15-47-35/h6-12,15,24-26,28H,13-14,16-23,27H2,1-5H3,(H,50,56). The van der Waals surface area contributed by atoms with Gasteiger partial charge in [-0.1, -0.05) is 43.4 Å². The molecule has 2 fully saturated rings. The number of benzene rings is 2. The second-order valence-corrected chi connectivity index (χ2v) is 22.7. The van der Waals surface area contributed by atoms with E-state index in [2.05, 4.69) is 52.0 Å². The van der Waals surface area contributed by atoms with Gasteiger partial charge in [-0.2, -0.15) is 5.10 Å². The van der Waals surface area contributed by atoms with Crippen molar-refractivity contribution < 1.29 is 27.9 Å². The van der Waals surface area contributed by atoms with Gasteiger partial charge in [-0.05, 0) is 75.4 Å². The minimum atomic E-state index is -1.33. The number of anilines is 1. The molecule has 0 spiro atoms. The summed E-state index contributed by atoms with van der Waals surface area (Å²) in [4.78, 5) is 54.4. The molecule has 2 saturated heterocycles. The van der Waals surface area contributed by atoms with Crippen LogP contribution >= 0.6 is 11.6 Å². The summed E-state index contributed by atoms with van der Waals surface area (Å²) >= 11 is 6.58. The van der Waals surface area contributed by atoms with Crippen LogP contribution in [0.2, 0.25) is 30.7 Å². The number of piperidine rings is 1. The van der Waals surface area contributed by atoms with Crippen molar-refractivity contribution in [2.45, 2.75) is 45.3 Å². The van der Waals surface area contributed by atoms with E-state index in [1.54, 1.807) is 40.0 Å². The van der Waals surface area contributed by atoms with Crippen LogP contribution in [0.3, 0.4) is 0 Å². The first-order chi connectivity index (χ1) is 28.7. The Labute approximate surface area is 354 Å². The highest BCUT2D eigenvalue weighted by molar-refractivity contribution is 6.76. The van der Waals surface area contributed by atoms with Crippen LogP contribution < -0.4 is 5.32 Å². The molecule has 316 valence electrons. The molecule has 0 bridgehead atoms. The summed E-state index contributed by atoms with van der Waals surface area (Å²) in [5, 5.41) is 7.35. The predicted octanol–water partition coefficient (Wildman–Crippen LogP) is 7.14. The number of imidazole rings is 1. The number of piperazine rings is 1. The third-order valence-electron chi connectivity index (χ3n) is 11.2. The number of nitrogens with one attached hydrogen (secondary N) is 1. The normalized spacial score (nSPS) is 15.4. The SMILES string of the molecule is CN1CCC(C(=O)N2CCN(C(=O)c3ccc(NC(=O)c4ncc(-c5ccc(-c6cnn(COCC[Si](C)(C)C)c6-c6ccccn6)c(F)c5F)n4C)cc3Cl)CC2)CC1. The molecule has 5 aromatic rings. The zero-order chi connectivity index (χ0) is 42.7. The highest BCUT2D eigenvalue weighted by Gasteiger charge is 2.32. The summed E-state index contributed by atoms with van der Waals surface area (Å²) in [6.45, 7) is 11.0. The lowest BCUT2D eigenvalue weighted by Crippen LogP contribution is -2.52. The third kappa shape index (κ3) is 9.36. The first kappa shape index (κ1) is 42.8. The minimum Gasteiger partial charge on any atom is -0.360 e. The number of halogens is 3. The molecular weight excluding hydrogens is 808 g/mol. The molecule has 0 radical (unpaired) electrons. The summed E-state index contributed by atoms with van der Waals surface area (Å²) in [6.07, 6.45) is 6.10. The van der Waals surface area contributed by atoms with E-state index in [9.17, 15) is 14.4 Å². The number of amides is 3. The highest BCUT2D eigenvalue weighted by Crippen LogP contribution is 2.37. The van der Waals surface area contributed by atoms with Gasteiger partial charge in [-0.3, -0.25) is 19.4 Å². The highest BCUT2D eigenvalue weighted by atomic mass is 35.5. The zero-order valence-corrected chi connectivity index (χ0v) is 36.3. The fourth-order valence-corrected chi connectivity index (χ4v) is 8.59. The van der Waals surface area contributed by atoms with Crippen LogP contribution in [-0.4, -0.2) is 118 Å². The van der Waals surface area contributed by atoms with Crippen molar-refractivity contribution in [3.05, 3.63) is 95.2 Å². The lowest BCUT2D eigenvalue weighted by atomic mass is 9.95. The Morgan fingerprint density at radius 3 is 2.25 bits per heavy atom. The molecule has 2 aliphatic rings. The number of hydrogen-bond donors (Lipinski definition) is 1. The van der Waals surface area contributed by atoms with Crippen LogP contribution in [0.5, 0.6) is 0 Å². The monoisotopic (exact) mass is 857 g/mol. The molecule has 2 aliphatic heterocycles. The molecule has 60 heavy (non-hydrogen) atoms. The Balaban J connectivity index is 1.02. The Bertz CT molecular complexity index is 2370. The van der Waals surface area contributed by atoms with Gasteiger partial charge in [-0.25, -0.2) is 18.4 Å². The van der Waals surface area contributed by atoms with Crippen LogP contribution in [0.25, 0.3) is 33.8 Å². The van der Waals surface area contributed by atoms with E-state index in [4.69, 9.17) is 16.3 Å². The number of carbonyl (C=O) groups excluding carboxylic acids is 3. The van der Waals surface area contributed by atoms with Gasteiger partial charge >= 0.3 is 0 Å². The van der Waals surface area contributed by atoms with E-state index in [0.717, 1.165) is 32.0 Å². The van der Waals surface area contributed by atoms with E-state index in [-0.39, 0.29) is 57.7 Å². The average Bonchev–Trinajstić information content (AvgIpc) is 3.83. The maximum Gasteiger partial charge on any atom is 0.291 e. The lowest BCUT2D eigenvalue weighted by Gasteiger charge is -2.38. The minimum absolute atomic E-state index is 0.00966. The Morgan fingerprint density at radius 2 is 1.57 bits per heavy atom. The number of ether oxygens (including phenoxy) is 1. The van der Waals surface area contributed by atoms with Gasteiger partial charge in [-0.15, -0.1) is 0 Å². The van der Waals surface area contributed by atoms with Gasteiger partial charge in [0.2, 0.25) is 5.91 Å². The molecule has 0 atom stereocenters. The van der Waals surface area contributed by atoms with Crippen LogP contribution in [-0.2, 0) is 23.3 Å². The first-order valence-corrected chi connectivity index (χ1v) is 24.2. The van der Waals surface area contributed by atoms with E-state index in [1.165, 1.54) is 42.2 Å². The number of nitrogens with zero attached hydrogens (tertiary/aromatic N) is 8. The van der Waals surface area contributed by atoms with Crippen molar-refractivity contribution in [1.82, 2.24) is 39.0 Å². The van der Waals surface area contributed by atoms with Crippen LogP contribution in [0, 0.1) is 17.6 Å². The summed E-state index contributed by atoms with van der Waals surface area (Å²) in [6, 6.07) is 13.8. The topological polar surface area (TPSA) is 131 Å². The largest absolute Gasteiger partial charge is 0.360 e. The van der Waals surface area contributed by atoms with E-state index >= 15 is 8.78 Å². The third-order valence-corrected chi connectivity index (χ3v) is 13.2. The number of carbonyl (C=O) groups is 3. The van der Waals surface area contributed by atoms with Crippen molar-refractivity contribution in [3.63, 3.8) is 0 Å². The van der Waals surface area contributed by atoms with Crippen molar-refractivity contribution in [2.24, 2.45) is 13.0 Å². The zero-order valence-electron chi connectivity index (χ0n) is 34.6. The van der Waals surface area contributed by atoms with Crippen molar-refractivity contribution in [1.29, 1.82) is 0 Å². The van der Waals surface area contributed by atoms with Crippen LogP contribution in [0.1, 0.15) is 33.8 Å². The summed E-state index contributed by atoms with van der Waals surface area (Å²) < 4.78 is 41.1. The maximum atomic E-state index is 16.1. The van der Waals surface area contributed by atoms with Gasteiger partial charge in [0, 0.05) is 82.4 Å². The lowest BCUT2D eigenvalue weighted by molar-refractivity contribution is -0.138. The van der Waals surface area contributed by atoms with Gasteiger partial charge in [0.1, 0.15) is 6.73 Å². The molecule has 7 rings (SSSR count). The molecule has 1 N–H and O–H groups in total. The predicted molar refractivity (Wildman–Crippen MR) is 229 cm³/mol. The molecule has 3 amide bonds. The molecule has 5 heterocycles. The molecule has 17 heteroatoms. The smallest absolute Gasteiger partial charge is 0.291 e. The Morgan fingerprint density at radius 1 is 0.867 bits per heavy atom. The molecular formula is C43H50ClF2N9O4Si. The van der Waals surface area contributed by atoms with Gasteiger partial charge in [0.15, 0.2) is 17.5 Å². The summed E-state index contributed by atoms with van der Waals surface area (Å²) in [7, 11) is 2.27. The van der Waals surface area contributed by atoms with Gasteiger partial charge in [0.25, 0.3) is 11.8 Å². The first-order valence-electron chi connectivity index (χ1n) is 20.1. The molecule has 0 unspecified atom stereocenters. The number of aromatic nitrogens is 5. The van der Waals surface area contributed by atoms with E-state index in [1.807, 2.05) is 11.0 Å². The van der Waals surface area contributed by atoms with Crippen molar-refractivity contribution >= 4 is 43.1 Å². The van der Waals surface area contributed by atoms with Gasteiger partial charge in [0.05, 0.1) is 40.1 Å². The van der Waals surface area contributed by atoms with E-state index < -0.39 is 25.6 Å². The Kier molecular flexibility index (Phi) is 12.9. The number of hydrogen-bond acceptors (Lipinski definition) is 8. The molecule has 13 nitrogen and oxygen atoms in total. The molecule has 0 saturated carbocycles. The summed E-state index contributed by atoms with van der Waals surface area (Å²) in [5.41, 5.74) is 2.02. The molecule has 2 aromatic carbocycles. The second kappa shape index (κ2) is 18.1. The van der Waals surface area contributed by atoms with Crippen molar-refractivity contribution in [3.8, 4) is 33.8 Å². The molecule has 0 aliphatic carbocycles. The fraction of sp³-hybridized carbons (Fsp3) is 0.395. The molecule has 3 aromatic heterocycles. The van der Waals surface area contributed by atoms with Gasteiger partial charge < -0.3 is 29.3 Å². The average molecular weight is 858 g/mol. The number of rotatable bonds is 12. The number of pyridine rings is 1. The van der Waals surface area contributed by atoms with Crippen molar-refractivity contribution in [2.75, 3.05) is 58.2 Å². The van der Waals surface area contributed by atoms with Crippen LogP contribution in [0.15, 0.2) is 67.1 Å². The maximum absolute atomic E-state index is 16.1. The second-order valence-electron chi connectivity index (χ2n) is 16.6.